The molecule has 1 N–H and O–H groups in total. The summed E-state index contributed by atoms with van der Waals surface area (Å²) in [4.78, 5) is 38.1. The van der Waals surface area contributed by atoms with Gasteiger partial charge < -0.3 is 9.52 Å². The zero-order valence-corrected chi connectivity index (χ0v) is 15.8. The maximum Gasteiger partial charge on any atom is 0.337 e. The molecule has 1 aromatic carbocycles. The molecule has 1 aliphatic heterocycles. The lowest BCUT2D eigenvalue weighted by atomic mass is 10.1. The smallest absolute Gasteiger partial charge is 0.337 e. The highest BCUT2D eigenvalue weighted by Crippen LogP contribution is 2.28. The van der Waals surface area contributed by atoms with Gasteiger partial charge in [0.05, 0.1) is 10.6 Å². The van der Waals surface area contributed by atoms with E-state index in [-0.39, 0.29) is 27.0 Å². The largest absolute Gasteiger partial charge is 0.478 e. The summed E-state index contributed by atoms with van der Waals surface area (Å²) in [5.41, 5.74) is 0.467. The van der Waals surface area contributed by atoms with Crippen LogP contribution in [0.5, 0.6) is 0 Å². The van der Waals surface area contributed by atoms with Crippen molar-refractivity contribution in [2.75, 3.05) is 14.1 Å². The third-order valence-corrected chi connectivity index (χ3v) is 4.90. The summed E-state index contributed by atoms with van der Waals surface area (Å²) in [6.07, 6.45) is 1.34. The van der Waals surface area contributed by atoms with Gasteiger partial charge in [-0.2, -0.15) is 0 Å². The van der Waals surface area contributed by atoms with E-state index < -0.39 is 17.8 Å². The van der Waals surface area contributed by atoms with Gasteiger partial charge in [0.15, 0.2) is 5.11 Å². The molecule has 27 heavy (non-hydrogen) atoms. The van der Waals surface area contributed by atoms with Crippen molar-refractivity contribution in [2.45, 2.75) is 0 Å². The predicted octanol–water partition coefficient (Wildman–Crippen LogP) is 2.90. The number of carbonyl (C=O) groups excluding carboxylic acids is 2. The number of hydrogen-bond acceptors (Lipinski definition) is 5. The number of likely N-dealkylation sites (N-methyl/N-ethyl adjacent to an activating group) is 2. The molecule has 0 atom stereocenters. The number of nitrogens with zero attached hydrogens (tertiary/aromatic N) is 2. The molecule has 0 aliphatic carbocycles. The Morgan fingerprint density at radius 1 is 1.15 bits per heavy atom. The first kappa shape index (κ1) is 18.8. The molecule has 2 heterocycles. The minimum absolute atomic E-state index is 0.0187. The SMILES string of the molecule is CN1C(=O)C(=Cc2ccc(-c3ccc(C(=O)O)c(Cl)c3)o2)C(=O)N(C)C1=S. The normalized spacial score (nSPS) is 14.8. The summed E-state index contributed by atoms with van der Waals surface area (Å²) in [5.74, 6) is -1.47. The highest BCUT2D eigenvalue weighted by Gasteiger charge is 2.35. The number of halogens is 1. The Balaban J connectivity index is 1.94. The molecule has 3 rings (SSSR count). The Morgan fingerprint density at radius 3 is 2.33 bits per heavy atom. The van der Waals surface area contributed by atoms with Gasteiger partial charge >= 0.3 is 5.97 Å². The van der Waals surface area contributed by atoms with Crippen molar-refractivity contribution >= 4 is 52.8 Å². The van der Waals surface area contributed by atoms with E-state index in [2.05, 4.69) is 0 Å². The summed E-state index contributed by atoms with van der Waals surface area (Å²) in [5, 5.41) is 9.22. The molecule has 0 bridgehead atoms. The van der Waals surface area contributed by atoms with Crippen molar-refractivity contribution in [1.29, 1.82) is 0 Å². The summed E-state index contributed by atoms with van der Waals surface area (Å²) in [6.45, 7) is 0. The number of benzene rings is 1. The fraction of sp³-hybridized carbons (Fsp3) is 0.111. The van der Waals surface area contributed by atoms with Crippen molar-refractivity contribution in [3.8, 4) is 11.3 Å². The Bertz CT molecular complexity index is 1000. The average Bonchev–Trinajstić information content (AvgIpc) is 3.10. The first-order valence-electron chi connectivity index (χ1n) is 7.65. The van der Waals surface area contributed by atoms with Crippen LogP contribution in [-0.2, 0) is 9.59 Å². The van der Waals surface area contributed by atoms with Gasteiger partial charge in [-0.3, -0.25) is 19.4 Å². The zero-order valence-electron chi connectivity index (χ0n) is 14.2. The second-order valence-electron chi connectivity index (χ2n) is 5.77. The lowest BCUT2D eigenvalue weighted by Crippen LogP contribution is -2.52. The molecule has 9 heteroatoms. The van der Waals surface area contributed by atoms with Crippen LogP contribution in [0.4, 0.5) is 0 Å². The van der Waals surface area contributed by atoms with Crippen LogP contribution in [0, 0.1) is 0 Å². The van der Waals surface area contributed by atoms with E-state index in [1.165, 1.54) is 42.1 Å². The molecule has 2 aromatic rings. The second-order valence-corrected chi connectivity index (χ2v) is 6.54. The van der Waals surface area contributed by atoms with Crippen molar-refractivity contribution in [3.63, 3.8) is 0 Å². The third kappa shape index (κ3) is 3.36. The second kappa shape index (κ2) is 6.98. The lowest BCUT2D eigenvalue weighted by molar-refractivity contribution is -0.132. The predicted molar refractivity (Wildman–Crippen MR) is 102 cm³/mol. The molecule has 1 aromatic heterocycles. The molecule has 7 nitrogen and oxygen atoms in total. The fourth-order valence-electron chi connectivity index (χ4n) is 2.54. The van der Waals surface area contributed by atoms with Gasteiger partial charge in [0, 0.05) is 19.7 Å². The number of rotatable bonds is 3. The number of carboxylic acids is 1. The van der Waals surface area contributed by atoms with Crippen molar-refractivity contribution in [1.82, 2.24) is 9.80 Å². The quantitative estimate of drug-likeness (QED) is 0.480. The Kier molecular flexibility index (Phi) is 4.86. The van der Waals surface area contributed by atoms with Crippen molar-refractivity contribution in [2.24, 2.45) is 0 Å². The molecule has 1 saturated heterocycles. The molecule has 0 saturated carbocycles. The lowest BCUT2D eigenvalue weighted by Gasteiger charge is -2.31. The van der Waals surface area contributed by atoms with Crippen LogP contribution < -0.4 is 0 Å². The maximum absolute atomic E-state index is 12.3. The molecule has 0 spiro atoms. The summed E-state index contributed by atoms with van der Waals surface area (Å²) in [6, 6.07) is 7.63. The fourth-order valence-corrected chi connectivity index (χ4v) is 2.97. The van der Waals surface area contributed by atoms with E-state index in [1.807, 2.05) is 0 Å². The van der Waals surface area contributed by atoms with E-state index in [1.54, 1.807) is 18.2 Å². The first-order chi connectivity index (χ1) is 12.7. The van der Waals surface area contributed by atoms with Gasteiger partial charge in [-0.1, -0.05) is 17.7 Å². The van der Waals surface area contributed by atoms with Crippen LogP contribution in [0.2, 0.25) is 5.02 Å². The number of furan rings is 1. The molecule has 138 valence electrons. The summed E-state index contributed by atoms with van der Waals surface area (Å²) >= 11 is 11.0. The Morgan fingerprint density at radius 2 is 1.78 bits per heavy atom. The minimum Gasteiger partial charge on any atom is -0.478 e. The number of amides is 2. The maximum atomic E-state index is 12.3. The van der Waals surface area contributed by atoms with Gasteiger partial charge in [0.1, 0.15) is 17.1 Å². The van der Waals surface area contributed by atoms with Gasteiger partial charge in [-0.15, -0.1) is 0 Å². The minimum atomic E-state index is -1.13. The summed E-state index contributed by atoms with van der Waals surface area (Å²) < 4.78 is 5.66. The monoisotopic (exact) mass is 404 g/mol. The van der Waals surface area contributed by atoms with Crippen LogP contribution in [0.25, 0.3) is 17.4 Å². The molecule has 1 fully saturated rings. The Labute approximate surface area is 164 Å². The third-order valence-electron chi connectivity index (χ3n) is 4.04. The first-order valence-corrected chi connectivity index (χ1v) is 8.44. The van der Waals surface area contributed by atoms with E-state index in [0.29, 0.717) is 11.3 Å². The van der Waals surface area contributed by atoms with E-state index in [0.717, 1.165) is 0 Å². The Hall–Kier alpha value is -2.97. The molecule has 1 aliphatic rings. The highest BCUT2D eigenvalue weighted by molar-refractivity contribution is 7.80. The number of carbonyl (C=O) groups is 3. The highest BCUT2D eigenvalue weighted by atomic mass is 35.5. The van der Waals surface area contributed by atoms with Crippen LogP contribution in [0.1, 0.15) is 16.1 Å². The van der Waals surface area contributed by atoms with Gasteiger partial charge in [0.25, 0.3) is 11.8 Å². The van der Waals surface area contributed by atoms with Crippen LogP contribution in [0.3, 0.4) is 0 Å². The number of carboxylic acid groups (broad SMARTS) is 1. The van der Waals surface area contributed by atoms with Crippen LogP contribution in [-0.4, -0.2) is 51.9 Å². The van der Waals surface area contributed by atoms with E-state index in [9.17, 15) is 14.4 Å². The van der Waals surface area contributed by atoms with Crippen molar-refractivity contribution in [3.05, 3.63) is 52.3 Å². The molecular formula is C18H13ClN2O5S. The van der Waals surface area contributed by atoms with Crippen LogP contribution >= 0.6 is 23.8 Å². The molecule has 0 unspecified atom stereocenters. The molecule has 0 radical (unpaired) electrons. The van der Waals surface area contributed by atoms with E-state index in [4.69, 9.17) is 33.3 Å². The van der Waals surface area contributed by atoms with Gasteiger partial charge in [0.2, 0.25) is 0 Å². The standard InChI is InChI=1S/C18H13ClN2O5S/c1-20-15(22)12(16(23)21(2)18(20)27)8-10-4-6-14(26-10)9-3-5-11(17(24)25)13(19)7-9/h3-8H,1-2H3,(H,24,25). The van der Waals surface area contributed by atoms with Crippen molar-refractivity contribution < 1.29 is 23.9 Å². The number of thiocarbonyl (C=S) groups is 1. The van der Waals surface area contributed by atoms with Gasteiger partial charge in [-0.25, -0.2) is 4.79 Å². The van der Waals surface area contributed by atoms with Crippen LogP contribution in [0.15, 0.2) is 40.3 Å². The summed E-state index contributed by atoms with van der Waals surface area (Å²) in [7, 11) is 2.97. The average molecular weight is 405 g/mol. The zero-order chi connectivity index (χ0) is 19.9. The number of hydrogen-bond donors (Lipinski definition) is 1. The topological polar surface area (TPSA) is 91.1 Å². The molecule has 2 amide bonds. The number of aromatic carboxylic acids is 1. The molecular weight excluding hydrogens is 392 g/mol. The van der Waals surface area contributed by atoms with E-state index >= 15 is 0 Å². The van der Waals surface area contributed by atoms with Gasteiger partial charge in [-0.05, 0) is 42.6 Å².